The fraction of sp³-hybridized carbons (Fsp3) is 0.364. The maximum Gasteiger partial charge on any atom is 0.183 e. The summed E-state index contributed by atoms with van der Waals surface area (Å²) >= 11 is 17.0. The van der Waals surface area contributed by atoms with Crippen molar-refractivity contribution in [3.63, 3.8) is 0 Å². The molecular weight excluding hydrogens is 291 g/mol. The number of rotatable bonds is 1. The SMILES string of the molecule is NNC(=S)N1CCN(c2ccc(Cl)c(Cl)c2)CC1. The molecule has 18 heavy (non-hydrogen) atoms. The molecule has 0 bridgehead atoms. The van der Waals surface area contributed by atoms with Gasteiger partial charge in [-0.1, -0.05) is 23.2 Å². The van der Waals surface area contributed by atoms with Gasteiger partial charge in [0.25, 0.3) is 0 Å². The van der Waals surface area contributed by atoms with Crippen LogP contribution in [0.4, 0.5) is 5.69 Å². The molecule has 1 aliphatic heterocycles. The summed E-state index contributed by atoms with van der Waals surface area (Å²) < 4.78 is 0. The van der Waals surface area contributed by atoms with Gasteiger partial charge in [0.1, 0.15) is 0 Å². The maximum absolute atomic E-state index is 6.02. The zero-order chi connectivity index (χ0) is 13.1. The van der Waals surface area contributed by atoms with Crippen LogP contribution in [0.1, 0.15) is 0 Å². The van der Waals surface area contributed by atoms with Crippen molar-refractivity contribution in [1.82, 2.24) is 10.3 Å². The molecule has 0 aromatic heterocycles. The first-order valence-corrected chi connectivity index (χ1v) is 6.74. The van der Waals surface area contributed by atoms with E-state index in [2.05, 4.69) is 10.3 Å². The van der Waals surface area contributed by atoms with E-state index in [9.17, 15) is 0 Å². The van der Waals surface area contributed by atoms with E-state index in [-0.39, 0.29) is 0 Å². The van der Waals surface area contributed by atoms with Crippen molar-refractivity contribution in [2.24, 2.45) is 5.84 Å². The molecule has 0 aliphatic carbocycles. The van der Waals surface area contributed by atoms with Gasteiger partial charge >= 0.3 is 0 Å². The third-order valence-electron chi connectivity index (χ3n) is 2.96. The van der Waals surface area contributed by atoms with E-state index in [1.54, 1.807) is 0 Å². The summed E-state index contributed by atoms with van der Waals surface area (Å²) in [6, 6.07) is 5.68. The minimum atomic E-state index is 0.576. The van der Waals surface area contributed by atoms with Crippen LogP contribution in [0.3, 0.4) is 0 Å². The Hall–Kier alpha value is -0.750. The van der Waals surface area contributed by atoms with Gasteiger partial charge in [0.2, 0.25) is 0 Å². The normalized spacial score (nSPS) is 15.7. The molecule has 3 N–H and O–H groups in total. The third-order valence-corrected chi connectivity index (χ3v) is 4.07. The molecule has 98 valence electrons. The predicted octanol–water partition coefficient (Wildman–Crippen LogP) is 1.86. The third kappa shape index (κ3) is 2.98. The zero-order valence-corrected chi connectivity index (χ0v) is 12.0. The number of thiocarbonyl (C=S) groups is 1. The van der Waals surface area contributed by atoms with Crippen molar-refractivity contribution in [2.45, 2.75) is 0 Å². The zero-order valence-electron chi connectivity index (χ0n) is 9.70. The molecule has 0 saturated carbocycles. The molecule has 0 unspecified atom stereocenters. The van der Waals surface area contributed by atoms with Gasteiger partial charge in [-0.15, -0.1) is 0 Å². The van der Waals surface area contributed by atoms with Gasteiger partial charge in [-0.3, -0.25) is 0 Å². The van der Waals surface area contributed by atoms with Crippen LogP contribution in [0.2, 0.25) is 10.0 Å². The van der Waals surface area contributed by atoms with E-state index in [4.69, 9.17) is 41.3 Å². The van der Waals surface area contributed by atoms with E-state index in [0.717, 1.165) is 31.9 Å². The smallest absolute Gasteiger partial charge is 0.183 e. The van der Waals surface area contributed by atoms with Crippen molar-refractivity contribution in [3.05, 3.63) is 28.2 Å². The lowest BCUT2D eigenvalue weighted by atomic mass is 10.2. The molecule has 0 radical (unpaired) electrons. The van der Waals surface area contributed by atoms with Crippen molar-refractivity contribution in [2.75, 3.05) is 31.1 Å². The fourth-order valence-electron chi connectivity index (χ4n) is 1.94. The average molecular weight is 305 g/mol. The molecule has 1 heterocycles. The average Bonchev–Trinajstić information content (AvgIpc) is 2.41. The van der Waals surface area contributed by atoms with Gasteiger partial charge in [0.15, 0.2) is 5.11 Å². The lowest BCUT2D eigenvalue weighted by Crippen LogP contribution is -2.53. The summed E-state index contributed by atoms with van der Waals surface area (Å²) in [5.41, 5.74) is 3.59. The minimum absolute atomic E-state index is 0.576. The number of anilines is 1. The van der Waals surface area contributed by atoms with E-state index < -0.39 is 0 Å². The highest BCUT2D eigenvalue weighted by molar-refractivity contribution is 7.80. The number of halogens is 2. The van der Waals surface area contributed by atoms with Crippen molar-refractivity contribution in [1.29, 1.82) is 0 Å². The van der Waals surface area contributed by atoms with Crippen LogP contribution in [-0.4, -0.2) is 36.2 Å². The molecule has 1 saturated heterocycles. The fourth-order valence-corrected chi connectivity index (χ4v) is 2.42. The second-order valence-electron chi connectivity index (χ2n) is 4.02. The number of piperazine rings is 1. The number of hydrazine groups is 1. The Kier molecular flexibility index (Phi) is 4.50. The summed E-state index contributed by atoms with van der Waals surface area (Å²) in [7, 11) is 0. The van der Waals surface area contributed by atoms with Gasteiger partial charge in [0.05, 0.1) is 10.0 Å². The lowest BCUT2D eigenvalue weighted by Gasteiger charge is -2.37. The number of nitrogens with zero attached hydrogens (tertiary/aromatic N) is 2. The Morgan fingerprint density at radius 2 is 1.83 bits per heavy atom. The summed E-state index contributed by atoms with van der Waals surface area (Å²) in [4.78, 5) is 4.29. The van der Waals surface area contributed by atoms with Crippen LogP contribution in [0.5, 0.6) is 0 Å². The van der Waals surface area contributed by atoms with E-state index in [1.165, 1.54) is 0 Å². The van der Waals surface area contributed by atoms with Crippen LogP contribution < -0.4 is 16.2 Å². The summed E-state index contributed by atoms with van der Waals surface area (Å²) in [5, 5.41) is 1.74. The Morgan fingerprint density at radius 3 is 2.39 bits per heavy atom. The topological polar surface area (TPSA) is 44.5 Å². The minimum Gasteiger partial charge on any atom is -0.368 e. The second kappa shape index (κ2) is 5.93. The number of hydrogen-bond donors (Lipinski definition) is 2. The standard InChI is InChI=1S/C11H14Cl2N4S/c12-9-2-1-8(7-10(9)13)16-3-5-17(6-4-16)11(18)15-14/h1-2,7H,3-6,14H2,(H,15,18). The first-order valence-electron chi connectivity index (χ1n) is 5.57. The van der Waals surface area contributed by atoms with Crippen molar-refractivity contribution < 1.29 is 0 Å². The monoisotopic (exact) mass is 304 g/mol. The van der Waals surface area contributed by atoms with Crippen LogP contribution >= 0.6 is 35.4 Å². The van der Waals surface area contributed by atoms with E-state index in [1.807, 2.05) is 23.1 Å². The van der Waals surface area contributed by atoms with Gasteiger partial charge in [-0.05, 0) is 30.4 Å². The van der Waals surface area contributed by atoms with E-state index in [0.29, 0.717) is 15.2 Å². The van der Waals surface area contributed by atoms with E-state index >= 15 is 0 Å². The predicted molar refractivity (Wildman–Crippen MR) is 80.2 cm³/mol. The Bertz CT molecular complexity index is 447. The molecule has 0 atom stereocenters. The van der Waals surface area contributed by atoms with Crippen LogP contribution in [-0.2, 0) is 0 Å². The molecule has 1 aromatic carbocycles. The maximum atomic E-state index is 6.02. The molecule has 0 amide bonds. The molecule has 4 nitrogen and oxygen atoms in total. The Balaban J connectivity index is 2.01. The largest absolute Gasteiger partial charge is 0.368 e. The van der Waals surface area contributed by atoms with Crippen molar-refractivity contribution >= 4 is 46.2 Å². The van der Waals surface area contributed by atoms with Gasteiger partial charge in [0, 0.05) is 31.9 Å². The summed E-state index contributed by atoms with van der Waals surface area (Å²) in [5.74, 6) is 5.31. The van der Waals surface area contributed by atoms with Crippen molar-refractivity contribution in [3.8, 4) is 0 Å². The second-order valence-corrected chi connectivity index (χ2v) is 5.22. The number of nitrogens with one attached hydrogen (secondary N) is 1. The van der Waals surface area contributed by atoms with Gasteiger partial charge in [-0.25, -0.2) is 5.84 Å². The molecular formula is C11H14Cl2N4S. The highest BCUT2D eigenvalue weighted by Crippen LogP contribution is 2.27. The van der Waals surface area contributed by atoms with Gasteiger partial charge < -0.3 is 15.2 Å². The lowest BCUT2D eigenvalue weighted by molar-refractivity contribution is 0.381. The highest BCUT2D eigenvalue weighted by atomic mass is 35.5. The Labute approximate surface area is 122 Å². The number of nitrogens with two attached hydrogens (primary N) is 1. The van der Waals surface area contributed by atoms with Crippen LogP contribution in [0.15, 0.2) is 18.2 Å². The Morgan fingerprint density at radius 1 is 1.17 bits per heavy atom. The highest BCUT2D eigenvalue weighted by Gasteiger charge is 2.19. The van der Waals surface area contributed by atoms with Gasteiger partial charge in [-0.2, -0.15) is 0 Å². The number of hydrogen-bond acceptors (Lipinski definition) is 3. The molecule has 2 rings (SSSR count). The number of benzene rings is 1. The molecule has 0 spiro atoms. The summed E-state index contributed by atoms with van der Waals surface area (Å²) in [6.07, 6.45) is 0. The first kappa shape index (κ1) is 13.7. The molecule has 1 fully saturated rings. The molecule has 1 aliphatic rings. The first-order chi connectivity index (χ1) is 8.61. The van der Waals surface area contributed by atoms with Crippen LogP contribution in [0.25, 0.3) is 0 Å². The molecule has 7 heteroatoms. The van der Waals surface area contributed by atoms with Crippen LogP contribution in [0, 0.1) is 0 Å². The molecule has 1 aromatic rings. The summed E-state index contributed by atoms with van der Waals surface area (Å²) in [6.45, 7) is 3.42. The quantitative estimate of drug-likeness (QED) is 0.471.